The van der Waals surface area contributed by atoms with Crippen molar-refractivity contribution in [2.75, 3.05) is 46.6 Å². The van der Waals surface area contributed by atoms with Gasteiger partial charge in [-0.25, -0.2) is 4.98 Å². The average Bonchev–Trinajstić information content (AvgIpc) is 2.68. The summed E-state index contributed by atoms with van der Waals surface area (Å²) in [5, 5.41) is 6.61. The number of hydrogen-bond acceptors (Lipinski definition) is 5. The summed E-state index contributed by atoms with van der Waals surface area (Å²) < 4.78 is 16.6. The second-order valence-electron chi connectivity index (χ2n) is 6.27. The van der Waals surface area contributed by atoms with E-state index in [-0.39, 0.29) is 0 Å². The number of guanidine groups is 1. The van der Waals surface area contributed by atoms with E-state index < -0.39 is 0 Å². The van der Waals surface area contributed by atoms with Crippen molar-refractivity contribution in [1.29, 1.82) is 0 Å². The molecule has 0 radical (unpaired) electrons. The zero-order chi connectivity index (χ0) is 18.5. The number of aromatic nitrogens is 1. The minimum absolute atomic E-state index is 0.615. The summed E-state index contributed by atoms with van der Waals surface area (Å²) in [5.74, 6) is 2.09. The second kappa shape index (κ2) is 12.5. The average molecular weight is 364 g/mol. The second-order valence-corrected chi connectivity index (χ2v) is 6.27. The topological polar surface area (TPSA) is 77.0 Å². The molecule has 2 N–H and O–H groups in total. The Kier molecular flexibility index (Phi) is 9.82. The molecular weight excluding hydrogens is 332 g/mol. The molecule has 1 aliphatic heterocycles. The van der Waals surface area contributed by atoms with Crippen molar-refractivity contribution in [2.45, 2.75) is 32.7 Å². The fourth-order valence-corrected chi connectivity index (χ4v) is 2.74. The highest BCUT2D eigenvalue weighted by molar-refractivity contribution is 5.79. The molecule has 1 aromatic rings. The van der Waals surface area contributed by atoms with Crippen molar-refractivity contribution in [3.63, 3.8) is 0 Å². The van der Waals surface area contributed by atoms with Crippen molar-refractivity contribution in [3.8, 4) is 5.88 Å². The first kappa shape index (κ1) is 20.5. The van der Waals surface area contributed by atoms with Gasteiger partial charge >= 0.3 is 0 Å². The highest BCUT2D eigenvalue weighted by Gasteiger charge is 2.13. The Bertz CT molecular complexity index is 533. The normalized spacial score (nSPS) is 15.7. The Balaban J connectivity index is 1.56. The van der Waals surface area contributed by atoms with Gasteiger partial charge in [-0.1, -0.05) is 0 Å². The minimum atomic E-state index is 0.615. The standard InChI is InChI=1S/C19H32N4O3/c1-3-26-18-13-17(5-9-21-18)14-23-19(20-2)22-8-4-10-25-15-16-6-11-24-12-7-16/h5,9,13,16H,3-4,6-8,10-12,14-15H2,1-2H3,(H2,20,22,23). The molecule has 1 fully saturated rings. The van der Waals surface area contributed by atoms with E-state index in [1.54, 1.807) is 13.2 Å². The molecule has 0 spiro atoms. The van der Waals surface area contributed by atoms with Gasteiger partial charge in [0.15, 0.2) is 5.96 Å². The largest absolute Gasteiger partial charge is 0.478 e. The number of hydrogen-bond donors (Lipinski definition) is 2. The maximum Gasteiger partial charge on any atom is 0.213 e. The summed E-state index contributed by atoms with van der Waals surface area (Å²) in [6.07, 6.45) is 4.95. The van der Waals surface area contributed by atoms with Crippen LogP contribution in [0.15, 0.2) is 23.3 Å². The number of pyridine rings is 1. The van der Waals surface area contributed by atoms with E-state index >= 15 is 0 Å². The molecule has 26 heavy (non-hydrogen) atoms. The van der Waals surface area contributed by atoms with Gasteiger partial charge in [0.2, 0.25) is 5.88 Å². The summed E-state index contributed by atoms with van der Waals surface area (Å²) in [4.78, 5) is 8.42. The molecule has 2 rings (SSSR count). The van der Waals surface area contributed by atoms with Crippen LogP contribution >= 0.6 is 0 Å². The van der Waals surface area contributed by atoms with Crippen molar-refractivity contribution >= 4 is 5.96 Å². The van der Waals surface area contributed by atoms with Gasteiger partial charge in [-0.2, -0.15) is 0 Å². The smallest absolute Gasteiger partial charge is 0.213 e. The maximum absolute atomic E-state index is 5.78. The zero-order valence-corrected chi connectivity index (χ0v) is 16.0. The quantitative estimate of drug-likeness (QED) is 0.376. The van der Waals surface area contributed by atoms with E-state index in [4.69, 9.17) is 14.2 Å². The summed E-state index contributed by atoms with van der Waals surface area (Å²) in [5.41, 5.74) is 1.10. The number of nitrogens with one attached hydrogen (secondary N) is 2. The molecule has 7 nitrogen and oxygen atoms in total. The highest BCUT2D eigenvalue weighted by Crippen LogP contribution is 2.14. The Morgan fingerprint density at radius 3 is 2.96 bits per heavy atom. The zero-order valence-electron chi connectivity index (χ0n) is 16.0. The lowest BCUT2D eigenvalue weighted by atomic mass is 10.0. The fraction of sp³-hybridized carbons (Fsp3) is 0.684. The van der Waals surface area contributed by atoms with E-state index in [1.807, 2.05) is 19.1 Å². The first-order valence-corrected chi connectivity index (χ1v) is 9.49. The monoisotopic (exact) mass is 364 g/mol. The molecule has 0 saturated carbocycles. The lowest BCUT2D eigenvalue weighted by molar-refractivity contribution is 0.0203. The summed E-state index contributed by atoms with van der Waals surface area (Å²) >= 11 is 0. The molecule has 146 valence electrons. The van der Waals surface area contributed by atoms with Gasteiger partial charge in [0.1, 0.15) is 0 Å². The van der Waals surface area contributed by atoms with E-state index in [0.717, 1.165) is 63.8 Å². The molecule has 0 bridgehead atoms. The van der Waals surface area contributed by atoms with E-state index in [0.29, 0.717) is 24.9 Å². The molecule has 0 amide bonds. The molecule has 0 unspecified atom stereocenters. The number of nitrogens with zero attached hydrogens (tertiary/aromatic N) is 2. The summed E-state index contributed by atoms with van der Waals surface area (Å²) in [6.45, 7) is 7.43. The van der Waals surface area contributed by atoms with Crippen LogP contribution in [0.5, 0.6) is 5.88 Å². The van der Waals surface area contributed by atoms with Crippen LogP contribution in [0.2, 0.25) is 0 Å². The lowest BCUT2D eigenvalue weighted by Crippen LogP contribution is -2.37. The fourth-order valence-electron chi connectivity index (χ4n) is 2.74. The summed E-state index contributed by atoms with van der Waals surface area (Å²) in [6, 6.07) is 3.90. The Hall–Kier alpha value is -1.86. The van der Waals surface area contributed by atoms with Gasteiger partial charge in [-0.05, 0) is 43.7 Å². The van der Waals surface area contributed by atoms with Crippen LogP contribution in [0.25, 0.3) is 0 Å². The first-order valence-electron chi connectivity index (χ1n) is 9.49. The van der Waals surface area contributed by atoms with Crippen molar-refractivity contribution in [3.05, 3.63) is 23.9 Å². The van der Waals surface area contributed by atoms with Crippen molar-refractivity contribution < 1.29 is 14.2 Å². The third kappa shape index (κ3) is 8.01. The van der Waals surface area contributed by atoms with Crippen LogP contribution in [-0.4, -0.2) is 57.6 Å². The van der Waals surface area contributed by atoms with Crippen LogP contribution in [0.4, 0.5) is 0 Å². The van der Waals surface area contributed by atoms with Gasteiger partial charge in [-0.15, -0.1) is 0 Å². The highest BCUT2D eigenvalue weighted by atomic mass is 16.5. The lowest BCUT2D eigenvalue weighted by Gasteiger charge is -2.21. The first-order chi connectivity index (χ1) is 12.8. The Labute approximate surface area is 156 Å². The predicted molar refractivity (Wildman–Crippen MR) is 103 cm³/mol. The molecular formula is C19H32N4O3. The molecule has 7 heteroatoms. The van der Waals surface area contributed by atoms with Crippen LogP contribution < -0.4 is 15.4 Å². The molecule has 0 aliphatic carbocycles. The van der Waals surface area contributed by atoms with E-state index in [9.17, 15) is 0 Å². The van der Waals surface area contributed by atoms with Crippen molar-refractivity contribution in [1.82, 2.24) is 15.6 Å². The number of rotatable bonds is 10. The molecule has 2 heterocycles. The van der Waals surface area contributed by atoms with Gasteiger partial charge in [-0.3, -0.25) is 4.99 Å². The van der Waals surface area contributed by atoms with Crippen LogP contribution in [0.1, 0.15) is 31.7 Å². The maximum atomic E-state index is 5.78. The molecule has 0 atom stereocenters. The Morgan fingerprint density at radius 2 is 2.19 bits per heavy atom. The van der Waals surface area contributed by atoms with E-state index in [1.165, 1.54) is 0 Å². The molecule has 1 saturated heterocycles. The van der Waals surface area contributed by atoms with Gasteiger partial charge < -0.3 is 24.8 Å². The van der Waals surface area contributed by atoms with Crippen LogP contribution in [0.3, 0.4) is 0 Å². The number of ether oxygens (including phenoxy) is 3. The third-order valence-electron chi connectivity index (χ3n) is 4.23. The predicted octanol–water partition coefficient (Wildman–Crippen LogP) is 1.98. The summed E-state index contributed by atoms with van der Waals surface area (Å²) in [7, 11) is 1.77. The molecule has 0 aromatic carbocycles. The number of aliphatic imine (C=N–C) groups is 1. The molecule has 1 aromatic heterocycles. The molecule has 1 aliphatic rings. The van der Waals surface area contributed by atoms with Gasteiger partial charge in [0.25, 0.3) is 0 Å². The minimum Gasteiger partial charge on any atom is -0.478 e. The Morgan fingerprint density at radius 1 is 1.35 bits per heavy atom. The van der Waals surface area contributed by atoms with Crippen LogP contribution in [-0.2, 0) is 16.0 Å². The van der Waals surface area contributed by atoms with Gasteiger partial charge in [0.05, 0.1) is 6.61 Å². The van der Waals surface area contributed by atoms with E-state index in [2.05, 4.69) is 20.6 Å². The third-order valence-corrected chi connectivity index (χ3v) is 4.23. The van der Waals surface area contributed by atoms with Gasteiger partial charge in [0, 0.05) is 58.8 Å². The van der Waals surface area contributed by atoms with Crippen LogP contribution in [0, 0.1) is 5.92 Å². The van der Waals surface area contributed by atoms with Crippen molar-refractivity contribution in [2.24, 2.45) is 10.9 Å². The SMILES string of the molecule is CCOc1cc(CNC(=NC)NCCCOCC2CCOCC2)ccn1.